The highest BCUT2D eigenvalue weighted by Gasteiger charge is 2.09. The van der Waals surface area contributed by atoms with Crippen molar-refractivity contribution in [3.8, 4) is 0 Å². The quantitative estimate of drug-likeness (QED) is 0.812. The second kappa shape index (κ2) is 4.69. The molecule has 0 aliphatic carbocycles. The van der Waals surface area contributed by atoms with E-state index in [1.165, 1.54) is 6.20 Å². The molecular formula is C10H10BrFN4. The number of halogens is 2. The molecule has 0 saturated heterocycles. The summed E-state index contributed by atoms with van der Waals surface area (Å²) in [6, 6.07) is 3.40. The molecule has 0 aromatic carbocycles. The predicted molar refractivity (Wildman–Crippen MR) is 60.4 cm³/mol. The van der Waals surface area contributed by atoms with Crippen molar-refractivity contribution < 1.29 is 4.39 Å². The maximum absolute atomic E-state index is 13.3. The molecule has 2 aromatic rings. The summed E-state index contributed by atoms with van der Waals surface area (Å²) in [5, 5.41) is 4.15. The number of pyridine rings is 1. The molecule has 2 heterocycles. The number of aryl methyl sites for hydroxylation is 1. The van der Waals surface area contributed by atoms with E-state index < -0.39 is 5.95 Å². The molecule has 84 valence electrons. The SMILES string of the molecule is CCc1nc(Br)nn1Cc1cccnc1F. The lowest BCUT2D eigenvalue weighted by molar-refractivity contribution is 0.542. The topological polar surface area (TPSA) is 43.6 Å². The Hall–Kier alpha value is -1.30. The van der Waals surface area contributed by atoms with E-state index >= 15 is 0 Å². The largest absolute Gasteiger partial charge is 0.244 e. The highest BCUT2D eigenvalue weighted by Crippen LogP contribution is 2.10. The molecule has 4 nitrogen and oxygen atoms in total. The summed E-state index contributed by atoms with van der Waals surface area (Å²) in [4.78, 5) is 7.78. The number of rotatable bonds is 3. The van der Waals surface area contributed by atoms with Crippen molar-refractivity contribution in [1.29, 1.82) is 0 Å². The van der Waals surface area contributed by atoms with Gasteiger partial charge in [0.15, 0.2) is 0 Å². The first-order valence-corrected chi connectivity index (χ1v) is 5.68. The summed E-state index contributed by atoms with van der Waals surface area (Å²) in [5.41, 5.74) is 0.509. The first kappa shape index (κ1) is 11.2. The summed E-state index contributed by atoms with van der Waals surface area (Å²) >= 11 is 3.20. The van der Waals surface area contributed by atoms with Gasteiger partial charge in [-0.2, -0.15) is 4.39 Å². The second-order valence-corrected chi connectivity index (χ2v) is 3.97. The van der Waals surface area contributed by atoms with E-state index in [1.54, 1.807) is 16.8 Å². The van der Waals surface area contributed by atoms with Gasteiger partial charge in [0.2, 0.25) is 10.7 Å². The third kappa shape index (κ3) is 2.27. The Balaban J connectivity index is 2.30. The Morgan fingerprint density at radius 1 is 1.50 bits per heavy atom. The van der Waals surface area contributed by atoms with E-state index in [-0.39, 0.29) is 0 Å². The van der Waals surface area contributed by atoms with E-state index in [9.17, 15) is 4.39 Å². The van der Waals surface area contributed by atoms with Crippen LogP contribution in [-0.2, 0) is 13.0 Å². The van der Waals surface area contributed by atoms with Crippen LogP contribution in [0.4, 0.5) is 4.39 Å². The molecule has 2 aromatic heterocycles. The summed E-state index contributed by atoms with van der Waals surface area (Å²) < 4.78 is 15.5. The van der Waals surface area contributed by atoms with Gasteiger partial charge in [-0.15, -0.1) is 5.10 Å². The number of nitrogens with zero attached hydrogens (tertiary/aromatic N) is 4. The Kier molecular flexibility index (Phi) is 3.28. The van der Waals surface area contributed by atoms with Crippen LogP contribution in [0.5, 0.6) is 0 Å². The van der Waals surface area contributed by atoms with Crippen molar-refractivity contribution >= 4 is 15.9 Å². The summed E-state index contributed by atoms with van der Waals surface area (Å²) in [6.45, 7) is 2.33. The fraction of sp³-hybridized carbons (Fsp3) is 0.300. The summed E-state index contributed by atoms with van der Waals surface area (Å²) in [6.07, 6.45) is 2.18. The normalized spacial score (nSPS) is 10.7. The Morgan fingerprint density at radius 2 is 2.31 bits per heavy atom. The lowest BCUT2D eigenvalue weighted by atomic mass is 10.3. The van der Waals surface area contributed by atoms with Crippen molar-refractivity contribution in [2.24, 2.45) is 0 Å². The maximum atomic E-state index is 13.3. The second-order valence-electron chi connectivity index (χ2n) is 3.26. The van der Waals surface area contributed by atoms with Crippen LogP contribution in [-0.4, -0.2) is 19.7 Å². The van der Waals surface area contributed by atoms with Gasteiger partial charge in [-0.1, -0.05) is 13.0 Å². The van der Waals surface area contributed by atoms with E-state index in [0.717, 1.165) is 12.2 Å². The van der Waals surface area contributed by atoms with Crippen LogP contribution in [0.3, 0.4) is 0 Å². The zero-order valence-electron chi connectivity index (χ0n) is 8.69. The summed E-state index contributed by atoms with van der Waals surface area (Å²) in [5.74, 6) is 0.353. The molecule has 0 radical (unpaired) electrons. The zero-order chi connectivity index (χ0) is 11.5. The van der Waals surface area contributed by atoms with Crippen molar-refractivity contribution in [2.75, 3.05) is 0 Å². The molecule has 0 spiro atoms. The van der Waals surface area contributed by atoms with Gasteiger partial charge in [0.1, 0.15) is 5.82 Å². The van der Waals surface area contributed by atoms with E-state index in [2.05, 4.69) is 31.0 Å². The Morgan fingerprint density at radius 3 is 3.00 bits per heavy atom. The smallest absolute Gasteiger partial charge is 0.217 e. The van der Waals surface area contributed by atoms with E-state index in [4.69, 9.17) is 0 Å². The van der Waals surface area contributed by atoms with Crippen LogP contribution in [0, 0.1) is 5.95 Å². The Labute approximate surface area is 101 Å². The van der Waals surface area contributed by atoms with Crippen LogP contribution in [0.2, 0.25) is 0 Å². The molecular weight excluding hydrogens is 275 g/mol. The van der Waals surface area contributed by atoms with Crippen molar-refractivity contribution in [1.82, 2.24) is 19.7 Å². The van der Waals surface area contributed by atoms with E-state index in [0.29, 0.717) is 16.8 Å². The third-order valence-electron chi connectivity index (χ3n) is 2.20. The molecule has 0 atom stereocenters. The molecule has 0 bridgehead atoms. The standard InChI is InChI=1S/C10H10BrFN4/c1-2-8-14-10(11)15-16(8)6-7-4-3-5-13-9(7)12/h3-5H,2,6H2,1H3. The zero-order valence-corrected chi connectivity index (χ0v) is 10.3. The minimum Gasteiger partial charge on any atom is -0.244 e. The Bertz CT molecular complexity index is 497. The highest BCUT2D eigenvalue weighted by molar-refractivity contribution is 9.10. The van der Waals surface area contributed by atoms with Gasteiger partial charge in [-0.05, 0) is 22.0 Å². The van der Waals surface area contributed by atoms with Gasteiger partial charge >= 0.3 is 0 Å². The van der Waals surface area contributed by atoms with Gasteiger partial charge in [-0.3, -0.25) is 0 Å². The van der Waals surface area contributed by atoms with Crippen LogP contribution in [0.25, 0.3) is 0 Å². The van der Waals surface area contributed by atoms with Gasteiger partial charge in [0.05, 0.1) is 6.54 Å². The van der Waals surface area contributed by atoms with Crippen LogP contribution >= 0.6 is 15.9 Å². The lowest BCUT2D eigenvalue weighted by Crippen LogP contribution is -2.08. The fourth-order valence-corrected chi connectivity index (χ4v) is 1.83. The van der Waals surface area contributed by atoms with Crippen LogP contribution in [0.1, 0.15) is 18.3 Å². The van der Waals surface area contributed by atoms with Gasteiger partial charge < -0.3 is 0 Å². The molecule has 2 rings (SSSR count). The average molecular weight is 285 g/mol. The first-order chi connectivity index (χ1) is 7.70. The van der Waals surface area contributed by atoms with Crippen molar-refractivity contribution in [3.63, 3.8) is 0 Å². The monoisotopic (exact) mass is 284 g/mol. The predicted octanol–water partition coefficient (Wildman–Crippen LogP) is 2.19. The lowest BCUT2D eigenvalue weighted by Gasteiger charge is -2.04. The molecule has 16 heavy (non-hydrogen) atoms. The molecule has 0 fully saturated rings. The van der Waals surface area contributed by atoms with Gasteiger partial charge in [0.25, 0.3) is 0 Å². The molecule has 0 amide bonds. The molecule has 6 heteroatoms. The molecule has 0 N–H and O–H groups in total. The number of aromatic nitrogens is 4. The van der Waals surface area contributed by atoms with Crippen LogP contribution in [0.15, 0.2) is 23.1 Å². The van der Waals surface area contributed by atoms with Gasteiger partial charge in [0, 0.05) is 18.2 Å². The molecule has 0 unspecified atom stereocenters. The third-order valence-corrected chi connectivity index (χ3v) is 2.53. The fourth-order valence-electron chi connectivity index (χ4n) is 1.43. The highest BCUT2D eigenvalue weighted by atomic mass is 79.9. The summed E-state index contributed by atoms with van der Waals surface area (Å²) in [7, 11) is 0. The molecule has 0 saturated carbocycles. The first-order valence-electron chi connectivity index (χ1n) is 4.89. The number of hydrogen-bond acceptors (Lipinski definition) is 3. The maximum Gasteiger partial charge on any atom is 0.217 e. The van der Waals surface area contributed by atoms with Crippen molar-refractivity contribution in [3.05, 3.63) is 40.4 Å². The molecule has 0 aliphatic heterocycles. The number of hydrogen-bond donors (Lipinski definition) is 0. The minimum atomic E-state index is -0.462. The van der Waals surface area contributed by atoms with Crippen LogP contribution < -0.4 is 0 Å². The van der Waals surface area contributed by atoms with Gasteiger partial charge in [-0.25, -0.2) is 14.6 Å². The van der Waals surface area contributed by atoms with E-state index in [1.807, 2.05) is 6.92 Å². The average Bonchev–Trinajstić information content (AvgIpc) is 2.62. The van der Waals surface area contributed by atoms with Crippen molar-refractivity contribution in [2.45, 2.75) is 19.9 Å². The minimum absolute atomic E-state index is 0.349. The molecule has 0 aliphatic rings.